The van der Waals surface area contributed by atoms with Crippen molar-refractivity contribution in [1.29, 1.82) is 0 Å². The van der Waals surface area contributed by atoms with Gasteiger partial charge in [-0.05, 0) is 67.9 Å². The van der Waals surface area contributed by atoms with Gasteiger partial charge in [-0.25, -0.2) is 0 Å². The molecule has 4 saturated carbocycles. The number of rotatable bonds is 3. The molecule has 0 atom stereocenters. The van der Waals surface area contributed by atoms with Gasteiger partial charge < -0.3 is 0 Å². The van der Waals surface area contributed by atoms with Crippen molar-refractivity contribution >= 4 is 17.4 Å². The van der Waals surface area contributed by atoms with E-state index in [0.717, 1.165) is 42.6 Å². The van der Waals surface area contributed by atoms with Crippen molar-refractivity contribution in [1.82, 2.24) is 4.98 Å². The van der Waals surface area contributed by atoms with Crippen LogP contribution >= 0.6 is 11.6 Å². The Hall–Kier alpha value is -0.890. The van der Waals surface area contributed by atoms with E-state index in [0.29, 0.717) is 17.2 Å². The summed E-state index contributed by atoms with van der Waals surface area (Å²) in [6.07, 6.45) is 11.4. The lowest BCUT2D eigenvalue weighted by Crippen LogP contribution is -2.50. The molecule has 0 amide bonds. The maximum atomic E-state index is 12.9. The minimum atomic E-state index is -0.0126. The zero-order valence-corrected chi connectivity index (χ0v) is 12.4. The SMILES string of the molecule is O=C(Cc1ccncc1Cl)C12CC3CC(CC(C3)C1)C2. The molecular weight excluding hydrogens is 270 g/mol. The molecule has 2 nitrogen and oxygen atoms in total. The van der Waals surface area contributed by atoms with Gasteiger partial charge in [0.2, 0.25) is 0 Å². The van der Waals surface area contributed by atoms with Crippen molar-refractivity contribution in [3.8, 4) is 0 Å². The van der Waals surface area contributed by atoms with E-state index in [4.69, 9.17) is 11.6 Å². The minimum Gasteiger partial charge on any atom is -0.299 e. The smallest absolute Gasteiger partial charge is 0.143 e. The molecule has 4 bridgehead atoms. The lowest BCUT2D eigenvalue weighted by molar-refractivity contribution is -0.143. The van der Waals surface area contributed by atoms with E-state index in [2.05, 4.69) is 4.98 Å². The van der Waals surface area contributed by atoms with Crippen LogP contribution in [0.3, 0.4) is 0 Å². The summed E-state index contributed by atoms with van der Waals surface area (Å²) >= 11 is 6.16. The number of nitrogens with zero attached hydrogens (tertiary/aromatic N) is 1. The molecule has 1 heterocycles. The highest BCUT2D eigenvalue weighted by Gasteiger charge is 2.54. The molecule has 0 radical (unpaired) electrons. The first-order valence-electron chi connectivity index (χ1n) is 7.76. The summed E-state index contributed by atoms with van der Waals surface area (Å²) in [7, 11) is 0. The molecule has 5 rings (SSSR count). The van der Waals surface area contributed by atoms with Gasteiger partial charge in [-0.15, -0.1) is 0 Å². The van der Waals surface area contributed by atoms with Crippen LogP contribution in [0.1, 0.15) is 44.1 Å². The monoisotopic (exact) mass is 289 g/mol. The van der Waals surface area contributed by atoms with E-state index in [-0.39, 0.29) is 5.41 Å². The number of hydrogen-bond donors (Lipinski definition) is 0. The van der Waals surface area contributed by atoms with Crippen LogP contribution in [0.15, 0.2) is 18.5 Å². The van der Waals surface area contributed by atoms with Crippen LogP contribution in [0.5, 0.6) is 0 Å². The predicted molar refractivity (Wildman–Crippen MR) is 78.6 cm³/mol. The Labute approximate surface area is 124 Å². The molecule has 20 heavy (non-hydrogen) atoms. The zero-order valence-electron chi connectivity index (χ0n) is 11.6. The quantitative estimate of drug-likeness (QED) is 0.840. The second-order valence-electron chi connectivity index (χ2n) is 7.26. The molecule has 0 aliphatic heterocycles. The van der Waals surface area contributed by atoms with Gasteiger partial charge in [0, 0.05) is 24.2 Å². The van der Waals surface area contributed by atoms with Gasteiger partial charge in [0.05, 0.1) is 5.02 Å². The highest BCUT2D eigenvalue weighted by molar-refractivity contribution is 6.31. The Balaban J connectivity index is 1.58. The van der Waals surface area contributed by atoms with Crippen molar-refractivity contribution in [2.75, 3.05) is 0 Å². The Bertz CT molecular complexity index is 518. The number of aromatic nitrogens is 1. The Morgan fingerprint density at radius 2 is 1.80 bits per heavy atom. The third-order valence-corrected chi connectivity index (χ3v) is 6.18. The van der Waals surface area contributed by atoms with Crippen molar-refractivity contribution in [3.63, 3.8) is 0 Å². The summed E-state index contributed by atoms with van der Waals surface area (Å²) in [4.78, 5) is 16.9. The number of halogens is 1. The average molecular weight is 290 g/mol. The summed E-state index contributed by atoms with van der Waals surface area (Å²) in [5.41, 5.74) is 0.934. The first kappa shape index (κ1) is 12.8. The maximum Gasteiger partial charge on any atom is 0.143 e. The van der Waals surface area contributed by atoms with Gasteiger partial charge in [-0.2, -0.15) is 0 Å². The second-order valence-corrected chi connectivity index (χ2v) is 7.67. The molecule has 1 aromatic rings. The molecule has 0 spiro atoms. The standard InChI is InChI=1S/C17H20ClNO/c18-15-10-19-2-1-14(15)6-16(20)17-7-11-3-12(8-17)5-13(4-11)9-17/h1-2,10-13H,3-9H2. The van der Waals surface area contributed by atoms with Crippen LogP contribution in [0.2, 0.25) is 5.02 Å². The van der Waals surface area contributed by atoms with Crippen molar-refractivity contribution in [2.24, 2.45) is 23.2 Å². The summed E-state index contributed by atoms with van der Waals surface area (Å²) in [6, 6.07) is 1.89. The summed E-state index contributed by atoms with van der Waals surface area (Å²) in [5, 5.41) is 0.630. The third kappa shape index (κ3) is 2.00. The lowest BCUT2D eigenvalue weighted by atomic mass is 9.48. The summed E-state index contributed by atoms with van der Waals surface area (Å²) < 4.78 is 0. The fraction of sp³-hybridized carbons (Fsp3) is 0.647. The molecule has 0 N–H and O–H groups in total. The molecule has 4 aliphatic rings. The zero-order chi connectivity index (χ0) is 13.7. The maximum absolute atomic E-state index is 12.9. The van der Waals surface area contributed by atoms with E-state index in [1.807, 2.05) is 6.07 Å². The van der Waals surface area contributed by atoms with Gasteiger partial charge in [0.25, 0.3) is 0 Å². The highest BCUT2D eigenvalue weighted by atomic mass is 35.5. The lowest BCUT2D eigenvalue weighted by Gasteiger charge is -2.56. The van der Waals surface area contributed by atoms with E-state index in [1.54, 1.807) is 12.4 Å². The Morgan fingerprint density at radius 1 is 1.20 bits per heavy atom. The van der Waals surface area contributed by atoms with Crippen LogP contribution in [-0.4, -0.2) is 10.8 Å². The second kappa shape index (κ2) is 4.56. The molecule has 3 heteroatoms. The number of ketones is 1. The number of Topliss-reactive ketones (excluding diaryl/α,β-unsaturated/α-hetero) is 1. The molecule has 0 saturated heterocycles. The van der Waals surface area contributed by atoms with Crippen molar-refractivity contribution in [3.05, 3.63) is 29.0 Å². The number of carbonyl (C=O) groups excluding carboxylic acids is 1. The number of pyridine rings is 1. The van der Waals surface area contributed by atoms with Crippen LogP contribution in [0.4, 0.5) is 0 Å². The largest absolute Gasteiger partial charge is 0.299 e. The number of carbonyl (C=O) groups is 1. The van der Waals surface area contributed by atoms with Crippen LogP contribution in [-0.2, 0) is 11.2 Å². The average Bonchev–Trinajstić information content (AvgIpc) is 2.40. The minimum absolute atomic E-state index is 0.0126. The van der Waals surface area contributed by atoms with Gasteiger partial charge in [0.1, 0.15) is 5.78 Å². The summed E-state index contributed by atoms with van der Waals surface area (Å²) in [6.45, 7) is 0. The molecule has 0 unspecified atom stereocenters. The van der Waals surface area contributed by atoms with Gasteiger partial charge in [-0.1, -0.05) is 11.6 Å². The third-order valence-electron chi connectivity index (χ3n) is 5.84. The Kier molecular flexibility index (Phi) is 2.92. The summed E-state index contributed by atoms with van der Waals surface area (Å²) in [5.74, 6) is 2.89. The highest BCUT2D eigenvalue weighted by Crippen LogP contribution is 2.60. The van der Waals surface area contributed by atoms with Crippen LogP contribution in [0, 0.1) is 23.2 Å². The van der Waals surface area contributed by atoms with Crippen molar-refractivity contribution < 1.29 is 4.79 Å². The van der Waals surface area contributed by atoms with Gasteiger partial charge >= 0.3 is 0 Å². The van der Waals surface area contributed by atoms with Crippen LogP contribution in [0.25, 0.3) is 0 Å². The molecular formula is C17H20ClNO. The van der Waals surface area contributed by atoms with E-state index in [9.17, 15) is 4.79 Å². The molecule has 106 valence electrons. The topological polar surface area (TPSA) is 30.0 Å². The van der Waals surface area contributed by atoms with Crippen LogP contribution < -0.4 is 0 Å². The van der Waals surface area contributed by atoms with Crippen molar-refractivity contribution in [2.45, 2.75) is 44.9 Å². The first-order valence-corrected chi connectivity index (χ1v) is 8.14. The van der Waals surface area contributed by atoms with Gasteiger partial charge in [0.15, 0.2) is 0 Å². The van der Waals surface area contributed by atoms with E-state index < -0.39 is 0 Å². The van der Waals surface area contributed by atoms with E-state index in [1.165, 1.54) is 19.3 Å². The normalized spacial score (nSPS) is 38.1. The fourth-order valence-electron chi connectivity index (χ4n) is 5.36. The predicted octanol–water partition coefficient (Wildman–Crippen LogP) is 4.06. The van der Waals surface area contributed by atoms with Gasteiger partial charge in [-0.3, -0.25) is 9.78 Å². The molecule has 0 aromatic carbocycles. The number of hydrogen-bond acceptors (Lipinski definition) is 2. The fourth-order valence-corrected chi connectivity index (χ4v) is 5.55. The Morgan fingerprint density at radius 3 is 2.35 bits per heavy atom. The van der Waals surface area contributed by atoms with E-state index >= 15 is 0 Å². The molecule has 4 aliphatic carbocycles. The molecule has 1 aromatic heterocycles. The molecule has 4 fully saturated rings. The first-order chi connectivity index (χ1) is 9.64.